The maximum absolute atomic E-state index is 12.4. The molecule has 1 aliphatic rings. The van der Waals surface area contributed by atoms with Crippen LogP contribution in [0.15, 0.2) is 36.5 Å². The average molecular weight is 350 g/mol. The molecule has 1 atom stereocenters. The number of carboxylic acids is 1. The van der Waals surface area contributed by atoms with Crippen LogP contribution in [0.25, 0.3) is 5.69 Å². The summed E-state index contributed by atoms with van der Waals surface area (Å²) in [5.74, 6) is -1.41. The molecule has 24 heavy (non-hydrogen) atoms. The van der Waals surface area contributed by atoms with E-state index in [0.717, 1.165) is 5.69 Å². The van der Waals surface area contributed by atoms with E-state index in [1.165, 1.54) is 4.68 Å². The predicted octanol–water partition coefficient (Wildman–Crippen LogP) is 1.89. The first-order valence-corrected chi connectivity index (χ1v) is 7.79. The molecule has 7 nitrogen and oxygen atoms in total. The molecule has 2 N–H and O–H groups in total. The van der Waals surface area contributed by atoms with Crippen molar-refractivity contribution in [3.8, 4) is 5.69 Å². The molecule has 1 aliphatic heterocycles. The van der Waals surface area contributed by atoms with Gasteiger partial charge in [0.15, 0.2) is 5.69 Å². The van der Waals surface area contributed by atoms with Crippen LogP contribution < -0.4 is 5.32 Å². The molecule has 0 aliphatic carbocycles. The summed E-state index contributed by atoms with van der Waals surface area (Å²) in [6, 6.07) is 8.65. The third kappa shape index (κ3) is 3.58. The number of nitrogens with one attached hydrogen (secondary N) is 1. The predicted molar refractivity (Wildman–Crippen MR) is 86.5 cm³/mol. The molecular weight excluding hydrogens is 334 g/mol. The number of ether oxygens (including phenoxy) is 1. The fourth-order valence-corrected chi connectivity index (χ4v) is 2.88. The number of aromatic nitrogens is 2. The highest BCUT2D eigenvalue weighted by atomic mass is 35.5. The molecule has 2 heterocycles. The summed E-state index contributed by atoms with van der Waals surface area (Å²) in [5, 5.41) is 16.6. The standard InChI is InChI=1S/C16H16ClN3O4/c17-11-2-1-3-12(8-11)20-6-4-13(19-20)15(23)18-16(9-14(21)22)5-7-24-10-16/h1-4,6,8H,5,7,9-10H2,(H,18,23)(H,21,22). The van der Waals surface area contributed by atoms with Crippen LogP contribution in [0.1, 0.15) is 23.3 Å². The number of carbonyl (C=O) groups excluding carboxylic acids is 1. The third-order valence-electron chi connectivity index (χ3n) is 3.87. The van der Waals surface area contributed by atoms with Crippen molar-refractivity contribution in [2.24, 2.45) is 0 Å². The molecule has 1 aromatic carbocycles. The maximum atomic E-state index is 12.4. The minimum atomic E-state index is -0.981. The summed E-state index contributed by atoms with van der Waals surface area (Å²) in [6.45, 7) is 0.602. The van der Waals surface area contributed by atoms with Gasteiger partial charge in [-0.1, -0.05) is 17.7 Å². The molecule has 0 spiro atoms. The number of carbonyl (C=O) groups is 2. The van der Waals surface area contributed by atoms with Crippen molar-refractivity contribution in [3.63, 3.8) is 0 Å². The number of rotatable bonds is 5. The molecular formula is C16H16ClN3O4. The lowest BCUT2D eigenvalue weighted by molar-refractivity contribution is -0.138. The highest BCUT2D eigenvalue weighted by Gasteiger charge is 2.39. The molecule has 2 aromatic rings. The molecule has 1 saturated heterocycles. The van der Waals surface area contributed by atoms with Crippen molar-refractivity contribution in [3.05, 3.63) is 47.2 Å². The molecule has 0 radical (unpaired) electrons. The van der Waals surface area contributed by atoms with E-state index in [1.807, 2.05) is 6.07 Å². The van der Waals surface area contributed by atoms with Crippen LogP contribution in [0, 0.1) is 0 Å². The number of amides is 1. The van der Waals surface area contributed by atoms with Crippen molar-refractivity contribution in [2.45, 2.75) is 18.4 Å². The second-order valence-corrected chi connectivity index (χ2v) is 6.17. The number of aliphatic carboxylic acids is 1. The Morgan fingerprint density at radius 3 is 2.92 bits per heavy atom. The summed E-state index contributed by atoms with van der Waals surface area (Å²) in [5.41, 5.74) is 0.0422. The number of hydrogen-bond donors (Lipinski definition) is 2. The average Bonchev–Trinajstić information content (AvgIpc) is 3.16. The van der Waals surface area contributed by atoms with E-state index >= 15 is 0 Å². The topological polar surface area (TPSA) is 93.5 Å². The summed E-state index contributed by atoms with van der Waals surface area (Å²) >= 11 is 5.95. The summed E-state index contributed by atoms with van der Waals surface area (Å²) < 4.78 is 6.80. The highest BCUT2D eigenvalue weighted by molar-refractivity contribution is 6.30. The van der Waals surface area contributed by atoms with Crippen LogP contribution in [0.4, 0.5) is 0 Å². The Kier molecular flexibility index (Phi) is 4.55. The largest absolute Gasteiger partial charge is 0.481 e. The van der Waals surface area contributed by atoms with Crippen LogP contribution in [0.3, 0.4) is 0 Å². The van der Waals surface area contributed by atoms with E-state index in [1.54, 1.807) is 30.5 Å². The van der Waals surface area contributed by atoms with E-state index in [9.17, 15) is 9.59 Å². The molecule has 1 amide bonds. The Morgan fingerprint density at radius 2 is 2.25 bits per heavy atom. The summed E-state index contributed by atoms with van der Waals surface area (Å²) in [7, 11) is 0. The van der Waals surface area contributed by atoms with E-state index in [2.05, 4.69) is 10.4 Å². The molecule has 3 rings (SSSR count). The molecule has 1 aromatic heterocycles. The van der Waals surface area contributed by atoms with Crippen LogP contribution in [0.2, 0.25) is 5.02 Å². The highest BCUT2D eigenvalue weighted by Crippen LogP contribution is 2.23. The van der Waals surface area contributed by atoms with Crippen molar-refractivity contribution in [1.82, 2.24) is 15.1 Å². The number of halogens is 1. The zero-order valence-corrected chi connectivity index (χ0v) is 13.5. The fourth-order valence-electron chi connectivity index (χ4n) is 2.69. The molecule has 126 valence electrons. The normalized spacial score (nSPS) is 20.0. The number of benzene rings is 1. The van der Waals surface area contributed by atoms with Crippen molar-refractivity contribution >= 4 is 23.5 Å². The lowest BCUT2D eigenvalue weighted by atomic mass is 9.94. The van der Waals surface area contributed by atoms with Crippen LogP contribution in [-0.2, 0) is 9.53 Å². The van der Waals surface area contributed by atoms with E-state index in [4.69, 9.17) is 21.4 Å². The quantitative estimate of drug-likeness (QED) is 0.859. The second kappa shape index (κ2) is 6.62. The van der Waals surface area contributed by atoms with Gasteiger partial charge in [0, 0.05) is 17.8 Å². The maximum Gasteiger partial charge on any atom is 0.305 e. The Morgan fingerprint density at radius 1 is 1.42 bits per heavy atom. The first kappa shape index (κ1) is 16.5. The van der Waals surface area contributed by atoms with Gasteiger partial charge in [0.1, 0.15) is 0 Å². The molecule has 1 fully saturated rings. The zero-order chi connectivity index (χ0) is 17.2. The number of carboxylic acid groups (broad SMARTS) is 1. The van der Waals surface area contributed by atoms with Gasteiger partial charge >= 0.3 is 5.97 Å². The Hall–Kier alpha value is -2.38. The molecule has 0 saturated carbocycles. The summed E-state index contributed by atoms with van der Waals surface area (Å²) in [6.07, 6.45) is 1.92. The van der Waals surface area contributed by atoms with Gasteiger partial charge < -0.3 is 15.2 Å². The summed E-state index contributed by atoms with van der Waals surface area (Å²) in [4.78, 5) is 23.5. The van der Waals surface area contributed by atoms with Gasteiger partial charge in [-0.05, 0) is 30.7 Å². The fraction of sp³-hybridized carbons (Fsp3) is 0.312. The second-order valence-electron chi connectivity index (χ2n) is 5.73. The van der Waals surface area contributed by atoms with E-state index in [0.29, 0.717) is 18.1 Å². The van der Waals surface area contributed by atoms with Crippen molar-refractivity contribution in [2.75, 3.05) is 13.2 Å². The number of hydrogen-bond acceptors (Lipinski definition) is 4. The van der Waals surface area contributed by atoms with Gasteiger partial charge in [-0.15, -0.1) is 0 Å². The molecule has 0 bridgehead atoms. The smallest absolute Gasteiger partial charge is 0.305 e. The van der Waals surface area contributed by atoms with Gasteiger partial charge in [0.25, 0.3) is 5.91 Å². The Labute approximate surface area is 143 Å². The van der Waals surface area contributed by atoms with Crippen LogP contribution >= 0.6 is 11.6 Å². The zero-order valence-electron chi connectivity index (χ0n) is 12.7. The lowest BCUT2D eigenvalue weighted by Crippen LogP contribution is -2.50. The van der Waals surface area contributed by atoms with E-state index in [-0.39, 0.29) is 18.7 Å². The minimum Gasteiger partial charge on any atom is -0.481 e. The van der Waals surface area contributed by atoms with Crippen molar-refractivity contribution < 1.29 is 19.4 Å². The Balaban J connectivity index is 1.77. The molecule has 1 unspecified atom stereocenters. The van der Waals surface area contributed by atoms with Gasteiger partial charge in [-0.2, -0.15) is 5.10 Å². The molecule has 8 heteroatoms. The Bertz CT molecular complexity index is 768. The van der Waals surface area contributed by atoms with Crippen LogP contribution in [-0.4, -0.2) is 45.5 Å². The van der Waals surface area contributed by atoms with E-state index < -0.39 is 17.4 Å². The van der Waals surface area contributed by atoms with Crippen molar-refractivity contribution in [1.29, 1.82) is 0 Å². The SMILES string of the molecule is O=C(O)CC1(NC(=O)c2ccn(-c3cccc(Cl)c3)n2)CCOC1. The van der Waals surface area contributed by atoms with Gasteiger partial charge in [0.2, 0.25) is 0 Å². The minimum absolute atomic E-state index is 0.181. The monoisotopic (exact) mass is 349 g/mol. The third-order valence-corrected chi connectivity index (χ3v) is 4.10. The first-order chi connectivity index (χ1) is 11.5. The van der Waals surface area contributed by atoms with Gasteiger partial charge in [0.05, 0.1) is 24.3 Å². The number of nitrogens with zero attached hydrogens (tertiary/aromatic N) is 2. The van der Waals surface area contributed by atoms with Crippen LogP contribution in [0.5, 0.6) is 0 Å². The van der Waals surface area contributed by atoms with Gasteiger partial charge in [-0.25, -0.2) is 4.68 Å². The van der Waals surface area contributed by atoms with Gasteiger partial charge in [-0.3, -0.25) is 9.59 Å². The first-order valence-electron chi connectivity index (χ1n) is 7.41. The lowest BCUT2D eigenvalue weighted by Gasteiger charge is -2.26.